The van der Waals surface area contributed by atoms with Crippen LogP contribution in [0.1, 0.15) is 12.1 Å². The molecule has 1 saturated heterocycles. The van der Waals surface area contributed by atoms with Gasteiger partial charge in [0.05, 0.1) is 25.0 Å². The normalized spacial score (nSPS) is 17.6. The van der Waals surface area contributed by atoms with Gasteiger partial charge in [-0.1, -0.05) is 11.6 Å². The minimum absolute atomic E-state index is 0.302. The number of H-pyrrole nitrogens is 1. The van der Waals surface area contributed by atoms with Gasteiger partial charge in [0, 0.05) is 37.4 Å². The van der Waals surface area contributed by atoms with Crippen molar-refractivity contribution in [3.05, 3.63) is 41.2 Å². The van der Waals surface area contributed by atoms with Crippen LogP contribution in [-0.4, -0.2) is 49.4 Å². The van der Waals surface area contributed by atoms with E-state index in [4.69, 9.17) is 16.3 Å². The van der Waals surface area contributed by atoms with E-state index in [-0.39, 0.29) is 0 Å². The van der Waals surface area contributed by atoms with Gasteiger partial charge in [0.15, 0.2) is 5.96 Å². The molecule has 2 heterocycles. The van der Waals surface area contributed by atoms with Crippen LogP contribution in [0.25, 0.3) is 0 Å². The lowest BCUT2D eigenvalue weighted by Crippen LogP contribution is -2.44. The lowest BCUT2D eigenvalue weighted by Gasteiger charge is -2.22. The number of hydrogen-bond acceptors (Lipinski definition) is 4. The van der Waals surface area contributed by atoms with Crippen LogP contribution in [0.15, 0.2) is 35.5 Å². The number of rotatable bonds is 5. The molecular formula is C17H23ClN6O. The van der Waals surface area contributed by atoms with E-state index < -0.39 is 0 Å². The van der Waals surface area contributed by atoms with E-state index in [2.05, 4.69) is 30.7 Å². The second-order valence-corrected chi connectivity index (χ2v) is 6.34. The molecule has 1 aromatic carbocycles. The molecule has 0 spiro atoms. The van der Waals surface area contributed by atoms with Crippen LogP contribution in [0.5, 0.6) is 5.75 Å². The number of benzene rings is 1. The van der Waals surface area contributed by atoms with Crippen LogP contribution in [-0.2, 0) is 6.54 Å². The Balaban J connectivity index is 1.58. The third-order valence-corrected chi connectivity index (χ3v) is 4.47. The number of nitrogens with zero attached hydrogens (tertiary/aromatic N) is 3. The van der Waals surface area contributed by atoms with E-state index in [0.29, 0.717) is 17.6 Å². The first-order chi connectivity index (χ1) is 12.2. The zero-order valence-corrected chi connectivity index (χ0v) is 15.2. The molecule has 7 nitrogen and oxygen atoms in total. The van der Waals surface area contributed by atoms with E-state index in [1.165, 1.54) is 0 Å². The first kappa shape index (κ1) is 17.4. The van der Waals surface area contributed by atoms with Crippen molar-refractivity contribution in [2.24, 2.45) is 4.99 Å². The highest BCUT2D eigenvalue weighted by molar-refractivity contribution is 6.30. The molecule has 0 amide bonds. The number of anilines is 1. The van der Waals surface area contributed by atoms with Crippen molar-refractivity contribution < 1.29 is 4.74 Å². The smallest absolute Gasteiger partial charge is 0.191 e. The van der Waals surface area contributed by atoms with Gasteiger partial charge in [-0.25, -0.2) is 0 Å². The quantitative estimate of drug-likeness (QED) is 0.560. The molecule has 1 unspecified atom stereocenters. The Kier molecular flexibility index (Phi) is 5.65. The summed E-state index contributed by atoms with van der Waals surface area (Å²) in [5.41, 5.74) is 2.04. The average Bonchev–Trinajstić information content (AvgIpc) is 3.30. The molecule has 8 heteroatoms. The zero-order chi connectivity index (χ0) is 17.6. The molecule has 1 atom stereocenters. The number of halogens is 1. The number of aromatic nitrogens is 2. The number of ether oxygens (including phenoxy) is 1. The number of aliphatic imine (C=N–C) groups is 1. The Morgan fingerprint density at radius 1 is 1.48 bits per heavy atom. The third-order valence-electron chi connectivity index (χ3n) is 4.24. The van der Waals surface area contributed by atoms with Crippen molar-refractivity contribution in [2.75, 3.05) is 32.1 Å². The minimum Gasteiger partial charge on any atom is -0.495 e. The van der Waals surface area contributed by atoms with Crippen molar-refractivity contribution in [1.82, 2.24) is 20.8 Å². The van der Waals surface area contributed by atoms with Gasteiger partial charge in [0.2, 0.25) is 0 Å². The van der Waals surface area contributed by atoms with E-state index in [1.807, 2.05) is 24.3 Å². The Hall–Kier alpha value is -2.41. The predicted octanol–water partition coefficient (Wildman–Crippen LogP) is 2.02. The van der Waals surface area contributed by atoms with Crippen LogP contribution in [0, 0.1) is 0 Å². The maximum atomic E-state index is 6.15. The molecule has 0 saturated carbocycles. The number of hydrogen-bond donors (Lipinski definition) is 3. The van der Waals surface area contributed by atoms with Crippen LogP contribution in [0.3, 0.4) is 0 Å². The maximum Gasteiger partial charge on any atom is 0.191 e. The molecule has 0 bridgehead atoms. The topological polar surface area (TPSA) is 77.6 Å². The fourth-order valence-electron chi connectivity index (χ4n) is 2.96. The summed E-state index contributed by atoms with van der Waals surface area (Å²) in [4.78, 5) is 6.57. The minimum atomic E-state index is 0.302. The zero-order valence-electron chi connectivity index (χ0n) is 14.4. The molecule has 25 heavy (non-hydrogen) atoms. The van der Waals surface area contributed by atoms with E-state index in [1.54, 1.807) is 20.4 Å². The fraction of sp³-hybridized carbons (Fsp3) is 0.412. The van der Waals surface area contributed by atoms with Gasteiger partial charge >= 0.3 is 0 Å². The molecule has 0 radical (unpaired) electrons. The number of guanidine groups is 1. The molecule has 1 aromatic heterocycles. The summed E-state index contributed by atoms with van der Waals surface area (Å²) < 4.78 is 5.46. The summed E-state index contributed by atoms with van der Waals surface area (Å²) in [6.45, 7) is 2.45. The summed E-state index contributed by atoms with van der Waals surface area (Å²) in [5, 5.41) is 14.3. The van der Waals surface area contributed by atoms with Crippen LogP contribution in [0.4, 0.5) is 5.69 Å². The number of nitrogens with one attached hydrogen (secondary N) is 3. The van der Waals surface area contributed by atoms with Crippen LogP contribution >= 0.6 is 11.6 Å². The Labute approximate surface area is 152 Å². The lowest BCUT2D eigenvalue weighted by molar-refractivity contribution is 0.415. The standard InChI is InChI=1S/C17H23ClN6O/c1-19-17(20-10-13-5-7-21-23-13)22-14-6-8-24(11-14)15-9-12(18)3-4-16(15)25-2/h3-5,7,9,14H,6,8,10-11H2,1-2H3,(H,21,23)(H2,19,20,22). The summed E-state index contributed by atoms with van der Waals surface area (Å²) >= 11 is 6.15. The molecule has 3 rings (SSSR count). The van der Waals surface area contributed by atoms with Gasteiger partial charge in [-0.05, 0) is 30.7 Å². The van der Waals surface area contributed by atoms with Crippen molar-refractivity contribution in [3.8, 4) is 5.75 Å². The predicted molar refractivity (Wildman–Crippen MR) is 101 cm³/mol. The second kappa shape index (κ2) is 8.11. The summed E-state index contributed by atoms with van der Waals surface area (Å²) in [5.74, 6) is 1.62. The average molecular weight is 363 g/mol. The molecule has 1 aliphatic heterocycles. The molecule has 1 fully saturated rings. The van der Waals surface area contributed by atoms with Gasteiger partial charge in [0.25, 0.3) is 0 Å². The second-order valence-electron chi connectivity index (χ2n) is 5.90. The van der Waals surface area contributed by atoms with Gasteiger partial charge < -0.3 is 20.3 Å². The summed E-state index contributed by atoms with van der Waals surface area (Å²) in [7, 11) is 3.45. The first-order valence-corrected chi connectivity index (χ1v) is 8.61. The highest BCUT2D eigenvalue weighted by atomic mass is 35.5. The Bertz CT molecular complexity index is 718. The van der Waals surface area contributed by atoms with E-state index in [0.717, 1.165) is 42.6 Å². The third kappa shape index (κ3) is 4.36. The van der Waals surface area contributed by atoms with Gasteiger partial charge in [-0.3, -0.25) is 10.1 Å². The fourth-order valence-corrected chi connectivity index (χ4v) is 3.12. The molecule has 1 aliphatic rings. The van der Waals surface area contributed by atoms with Crippen LogP contribution < -0.4 is 20.3 Å². The van der Waals surface area contributed by atoms with Crippen molar-refractivity contribution >= 4 is 23.2 Å². The molecular weight excluding hydrogens is 340 g/mol. The van der Waals surface area contributed by atoms with Crippen molar-refractivity contribution in [1.29, 1.82) is 0 Å². The first-order valence-electron chi connectivity index (χ1n) is 8.23. The number of aromatic amines is 1. The monoisotopic (exact) mass is 362 g/mol. The SMILES string of the molecule is CN=C(NCc1ccn[nH]1)NC1CCN(c2cc(Cl)ccc2OC)C1. The highest BCUT2D eigenvalue weighted by Gasteiger charge is 2.25. The number of methoxy groups -OCH3 is 1. The Morgan fingerprint density at radius 2 is 2.36 bits per heavy atom. The van der Waals surface area contributed by atoms with E-state index >= 15 is 0 Å². The van der Waals surface area contributed by atoms with Gasteiger partial charge in [-0.15, -0.1) is 0 Å². The summed E-state index contributed by atoms with van der Waals surface area (Å²) in [6.07, 6.45) is 2.75. The molecule has 134 valence electrons. The van der Waals surface area contributed by atoms with Crippen LogP contribution in [0.2, 0.25) is 5.02 Å². The van der Waals surface area contributed by atoms with Gasteiger partial charge in [-0.2, -0.15) is 5.10 Å². The highest BCUT2D eigenvalue weighted by Crippen LogP contribution is 2.33. The largest absolute Gasteiger partial charge is 0.495 e. The molecule has 0 aliphatic carbocycles. The Morgan fingerprint density at radius 3 is 3.08 bits per heavy atom. The lowest BCUT2D eigenvalue weighted by atomic mass is 10.2. The van der Waals surface area contributed by atoms with Gasteiger partial charge in [0.1, 0.15) is 5.75 Å². The van der Waals surface area contributed by atoms with Crippen molar-refractivity contribution in [3.63, 3.8) is 0 Å². The van der Waals surface area contributed by atoms with E-state index in [9.17, 15) is 0 Å². The maximum absolute atomic E-state index is 6.15. The summed E-state index contributed by atoms with van der Waals surface area (Å²) in [6, 6.07) is 7.94. The van der Waals surface area contributed by atoms with Crippen molar-refractivity contribution in [2.45, 2.75) is 19.0 Å². The molecule has 3 N–H and O–H groups in total. The molecule has 2 aromatic rings.